The third kappa shape index (κ3) is 2.78. The van der Waals surface area contributed by atoms with Gasteiger partial charge in [-0.3, -0.25) is 4.99 Å². The van der Waals surface area contributed by atoms with Crippen molar-refractivity contribution in [3.05, 3.63) is 34.1 Å². The molecule has 2 rings (SSSR count). The average molecular weight is 271 g/mol. The summed E-state index contributed by atoms with van der Waals surface area (Å²) in [7, 11) is 0. The molecule has 1 heterocycles. The van der Waals surface area contributed by atoms with Gasteiger partial charge in [0.25, 0.3) is 0 Å². The molecule has 0 amide bonds. The third-order valence-electron chi connectivity index (χ3n) is 2.37. The second kappa shape index (κ2) is 4.75. The van der Waals surface area contributed by atoms with Crippen molar-refractivity contribution < 1.29 is 4.39 Å². The summed E-state index contributed by atoms with van der Waals surface area (Å²) < 4.78 is 14.2. The maximum Gasteiger partial charge on any atom is 0.128 e. The van der Waals surface area contributed by atoms with Crippen LogP contribution in [0.4, 0.5) is 4.39 Å². The van der Waals surface area contributed by atoms with Crippen molar-refractivity contribution in [3.63, 3.8) is 0 Å². The van der Waals surface area contributed by atoms with E-state index in [0.717, 1.165) is 29.7 Å². The lowest BCUT2D eigenvalue weighted by atomic mass is 10.2. The van der Waals surface area contributed by atoms with Crippen LogP contribution in [0.2, 0.25) is 0 Å². The van der Waals surface area contributed by atoms with Crippen LogP contribution in [-0.4, -0.2) is 12.4 Å². The molecule has 0 fully saturated rings. The Bertz CT molecular complexity index is 390. The topological polar surface area (TPSA) is 24.4 Å². The van der Waals surface area contributed by atoms with Gasteiger partial charge >= 0.3 is 0 Å². The molecule has 0 aromatic heterocycles. The lowest BCUT2D eigenvalue weighted by Gasteiger charge is -2.07. The van der Waals surface area contributed by atoms with E-state index in [1.165, 1.54) is 6.07 Å². The first-order valence-electron chi connectivity index (χ1n) is 4.97. The summed E-state index contributed by atoms with van der Waals surface area (Å²) in [6.45, 7) is 1.40. The van der Waals surface area contributed by atoms with Crippen molar-refractivity contribution in [2.75, 3.05) is 6.54 Å². The molecule has 0 saturated heterocycles. The second-order valence-electron chi connectivity index (χ2n) is 3.52. The molecule has 0 aliphatic carbocycles. The van der Waals surface area contributed by atoms with Crippen molar-refractivity contribution in [2.45, 2.75) is 19.4 Å². The summed E-state index contributed by atoms with van der Waals surface area (Å²) in [5, 5.41) is 3.16. The van der Waals surface area contributed by atoms with E-state index in [0.29, 0.717) is 12.1 Å². The fourth-order valence-corrected chi connectivity index (χ4v) is 1.97. The summed E-state index contributed by atoms with van der Waals surface area (Å²) in [5.41, 5.74) is 0.666. The quantitative estimate of drug-likeness (QED) is 0.878. The predicted octanol–water partition coefficient (Wildman–Crippen LogP) is 2.87. The van der Waals surface area contributed by atoms with Crippen LogP contribution < -0.4 is 5.32 Å². The lowest BCUT2D eigenvalue weighted by molar-refractivity contribution is 0.605. The number of nitrogens with one attached hydrogen (secondary N) is 1. The first-order chi connectivity index (χ1) is 7.25. The van der Waals surface area contributed by atoms with Crippen LogP contribution in [0.15, 0.2) is 27.7 Å². The highest BCUT2D eigenvalue weighted by atomic mass is 79.9. The van der Waals surface area contributed by atoms with Gasteiger partial charge in [-0.15, -0.1) is 0 Å². The number of aliphatic imine (C=N–C) groups is 1. The Hall–Kier alpha value is -0.900. The lowest BCUT2D eigenvalue weighted by Crippen LogP contribution is -2.21. The van der Waals surface area contributed by atoms with Gasteiger partial charge in [-0.2, -0.15) is 0 Å². The molecule has 0 saturated carbocycles. The number of benzene rings is 1. The van der Waals surface area contributed by atoms with Crippen LogP contribution in [0.1, 0.15) is 18.4 Å². The molecule has 1 aromatic carbocycles. The second-order valence-corrected chi connectivity index (χ2v) is 4.44. The molecule has 2 nitrogen and oxygen atoms in total. The number of rotatable bonds is 2. The maximum absolute atomic E-state index is 13.3. The highest BCUT2D eigenvalue weighted by Gasteiger charge is 2.07. The molecule has 1 aliphatic rings. The Kier molecular flexibility index (Phi) is 3.36. The standard InChI is InChI=1S/C11H12BrFN2/c12-9-3-4-10(13)8(6-9)7-15-11-2-1-5-14-11/h3-4,6H,1-2,5,7H2,(H,14,15). The minimum Gasteiger partial charge on any atom is -0.370 e. The Morgan fingerprint density at radius 2 is 2.33 bits per heavy atom. The van der Waals surface area contributed by atoms with Gasteiger partial charge in [0.1, 0.15) is 5.82 Å². The van der Waals surface area contributed by atoms with Gasteiger partial charge in [0.2, 0.25) is 0 Å². The van der Waals surface area contributed by atoms with Gasteiger partial charge in [-0.05, 0) is 24.6 Å². The molecule has 1 N–H and O–H groups in total. The van der Waals surface area contributed by atoms with Gasteiger partial charge in [-0.25, -0.2) is 4.39 Å². The van der Waals surface area contributed by atoms with E-state index >= 15 is 0 Å². The van der Waals surface area contributed by atoms with Crippen LogP contribution in [0.3, 0.4) is 0 Å². The molecule has 1 aromatic rings. The normalized spacial score (nSPS) is 15.2. The zero-order valence-corrected chi connectivity index (χ0v) is 9.85. The Balaban J connectivity index is 2.00. The van der Waals surface area contributed by atoms with Crippen LogP contribution in [-0.2, 0) is 6.54 Å². The molecule has 0 spiro atoms. The summed E-state index contributed by atoms with van der Waals surface area (Å²) in [5.74, 6) is 0.818. The van der Waals surface area contributed by atoms with Crippen molar-refractivity contribution >= 4 is 21.8 Å². The molecule has 15 heavy (non-hydrogen) atoms. The fourth-order valence-electron chi connectivity index (χ4n) is 1.56. The smallest absolute Gasteiger partial charge is 0.128 e. The zero-order valence-electron chi connectivity index (χ0n) is 8.26. The minimum atomic E-state index is -0.177. The molecule has 0 radical (unpaired) electrons. The van der Waals surface area contributed by atoms with Crippen molar-refractivity contribution in [3.8, 4) is 0 Å². The van der Waals surface area contributed by atoms with E-state index < -0.39 is 0 Å². The Labute approximate surface area is 96.7 Å². The first-order valence-corrected chi connectivity index (χ1v) is 5.76. The SMILES string of the molecule is Fc1ccc(Br)cc1CNC1=NCCC1. The summed E-state index contributed by atoms with van der Waals surface area (Å²) in [6, 6.07) is 4.96. The molecular formula is C11H12BrFN2. The van der Waals surface area contributed by atoms with E-state index in [9.17, 15) is 4.39 Å². The minimum absolute atomic E-state index is 0.177. The predicted molar refractivity (Wildman–Crippen MR) is 62.5 cm³/mol. The Morgan fingerprint density at radius 3 is 3.07 bits per heavy atom. The largest absolute Gasteiger partial charge is 0.370 e. The van der Waals surface area contributed by atoms with E-state index in [1.807, 2.05) is 0 Å². The highest BCUT2D eigenvalue weighted by molar-refractivity contribution is 9.10. The molecule has 1 aliphatic heterocycles. The van der Waals surface area contributed by atoms with E-state index in [4.69, 9.17) is 0 Å². The van der Waals surface area contributed by atoms with Crippen LogP contribution in [0, 0.1) is 5.82 Å². The highest BCUT2D eigenvalue weighted by Crippen LogP contribution is 2.15. The molecular weight excluding hydrogens is 259 g/mol. The summed E-state index contributed by atoms with van der Waals surface area (Å²) >= 11 is 3.33. The summed E-state index contributed by atoms with van der Waals surface area (Å²) in [6.07, 6.45) is 2.08. The van der Waals surface area contributed by atoms with Crippen LogP contribution in [0.5, 0.6) is 0 Å². The van der Waals surface area contributed by atoms with Crippen molar-refractivity contribution in [1.82, 2.24) is 5.32 Å². The van der Waals surface area contributed by atoms with E-state index in [-0.39, 0.29) is 5.82 Å². The first kappa shape index (κ1) is 10.6. The van der Waals surface area contributed by atoms with Crippen LogP contribution in [0.25, 0.3) is 0 Å². The van der Waals surface area contributed by atoms with Gasteiger partial charge in [0, 0.05) is 29.5 Å². The van der Waals surface area contributed by atoms with E-state index in [1.54, 1.807) is 12.1 Å². The fraction of sp³-hybridized carbons (Fsp3) is 0.364. The molecule has 80 valence electrons. The number of halogens is 2. The van der Waals surface area contributed by atoms with Gasteiger partial charge in [0.05, 0.1) is 5.84 Å². The van der Waals surface area contributed by atoms with Gasteiger partial charge < -0.3 is 5.32 Å². The number of hydrogen-bond acceptors (Lipinski definition) is 2. The molecule has 4 heteroatoms. The van der Waals surface area contributed by atoms with Crippen LogP contribution >= 0.6 is 15.9 Å². The van der Waals surface area contributed by atoms with Crippen molar-refractivity contribution in [2.24, 2.45) is 4.99 Å². The summed E-state index contributed by atoms with van der Waals surface area (Å²) in [4.78, 5) is 4.27. The third-order valence-corrected chi connectivity index (χ3v) is 2.86. The molecule has 0 atom stereocenters. The zero-order chi connectivity index (χ0) is 10.7. The molecule has 0 bridgehead atoms. The number of nitrogens with zero attached hydrogens (tertiary/aromatic N) is 1. The maximum atomic E-state index is 13.3. The Morgan fingerprint density at radius 1 is 1.47 bits per heavy atom. The molecule has 0 unspecified atom stereocenters. The number of amidine groups is 1. The van der Waals surface area contributed by atoms with Gasteiger partial charge in [-0.1, -0.05) is 15.9 Å². The van der Waals surface area contributed by atoms with E-state index in [2.05, 4.69) is 26.2 Å². The average Bonchev–Trinajstić information content (AvgIpc) is 2.72. The van der Waals surface area contributed by atoms with Crippen molar-refractivity contribution in [1.29, 1.82) is 0 Å². The monoisotopic (exact) mass is 270 g/mol. The van der Waals surface area contributed by atoms with Gasteiger partial charge in [0.15, 0.2) is 0 Å². The number of hydrogen-bond donors (Lipinski definition) is 1.